The molecule has 30 heavy (non-hydrogen) atoms. The lowest BCUT2D eigenvalue weighted by atomic mass is 10.0. The van der Waals surface area contributed by atoms with Crippen molar-refractivity contribution in [3.63, 3.8) is 0 Å². The van der Waals surface area contributed by atoms with Crippen LogP contribution in [0.4, 0.5) is 0 Å². The van der Waals surface area contributed by atoms with Crippen molar-refractivity contribution < 1.29 is 13.2 Å². The number of nitrogens with zero attached hydrogens (tertiary/aromatic N) is 3. The molecule has 3 aromatic rings. The number of hydrogen-bond donors (Lipinski definition) is 1. The number of nitrogens with one attached hydrogen (secondary N) is 1. The van der Waals surface area contributed by atoms with Crippen LogP contribution in [-0.4, -0.2) is 35.3 Å². The SMILES string of the molecule is CCCC(NC(=O)c1cnn(-c2cccc(Cl)c2)c1C)c1cncc(S(C)(=O)=O)c1. The molecule has 0 aliphatic heterocycles. The third-order valence-corrected chi connectivity index (χ3v) is 6.07. The first-order valence-electron chi connectivity index (χ1n) is 9.47. The van der Waals surface area contributed by atoms with Gasteiger partial charge in [0.05, 0.1) is 34.1 Å². The second kappa shape index (κ2) is 8.97. The third-order valence-electron chi connectivity index (χ3n) is 4.75. The van der Waals surface area contributed by atoms with Gasteiger partial charge in [0.1, 0.15) is 0 Å². The lowest BCUT2D eigenvalue weighted by molar-refractivity contribution is 0.0933. The molecule has 0 saturated heterocycles. The van der Waals surface area contributed by atoms with E-state index in [0.29, 0.717) is 28.3 Å². The standard InChI is InChI=1S/C21H23ClN4O3S/c1-4-6-20(15-9-18(12-23-11-15)30(3,28)29)25-21(27)19-13-24-26(14(19)2)17-8-5-7-16(22)10-17/h5,7-13,20H,4,6H2,1-3H3,(H,25,27). The Morgan fingerprint density at radius 3 is 2.67 bits per heavy atom. The van der Waals surface area contributed by atoms with Crippen molar-refractivity contribution in [3.05, 3.63) is 70.8 Å². The monoisotopic (exact) mass is 446 g/mol. The first-order valence-corrected chi connectivity index (χ1v) is 11.7. The fraction of sp³-hybridized carbons (Fsp3) is 0.286. The van der Waals surface area contributed by atoms with Gasteiger partial charge in [-0.15, -0.1) is 0 Å². The molecule has 2 heterocycles. The Hall–Kier alpha value is -2.71. The minimum Gasteiger partial charge on any atom is -0.345 e. The van der Waals surface area contributed by atoms with Gasteiger partial charge in [0, 0.05) is 23.7 Å². The Morgan fingerprint density at radius 2 is 2.00 bits per heavy atom. The first kappa shape index (κ1) is 22.0. The molecule has 1 amide bonds. The summed E-state index contributed by atoms with van der Waals surface area (Å²) >= 11 is 6.06. The molecular formula is C21H23ClN4O3S. The fourth-order valence-electron chi connectivity index (χ4n) is 3.18. The van der Waals surface area contributed by atoms with Gasteiger partial charge in [-0.1, -0.05) is 31.0 Å². The third kappa shape index (κ3) is 4.88. The molecule has 0 fully saturated rings. The van der Waals surface area contributed by atoms with Crippen LogP contribution in [-0.2, 0) is 9.84 Å². The second-order valence-electron chi connectivity index (χ2n) is 7.08. The molecule has 1 atom stereocenters. The van der Waals surface area contributed by atoms with Gasteiger partial charge in [-0.2, -0.15) is 5.10 Å². The van der Waals surface area contributed by atoms with Crippen LogP contribution in [0, 0.1) is 6.92 Å². The molecule has 0 bridgehead atoms. The fourth-order valence-corrected chi connectivity index (χ4v) is 3.96. The van der Waals surface area contributed by atoms with Crippen molar-refractivity contribution in [3.8, 4) is 5.69 Å². The molecule has 1 unspecified atom stereocenters. The highest BCUT2D eigenvalue weighted by molar-refractivity contribution is 7.90. The van der Waals surface area contributed by atoms with E-state index in [1.807, 2.05) is 26.0 Å². The van der Waals surface area contributed by atoms with E-state index < -0.39 is 9.84 Å². The van der Waals surface area contributed by atoms with Crippen LogP contribution in [0.15, 0.2) is 53.8 Å². The number of benzene rings is 1. The number of aromatic nitrogens is 3. The van der Waals surface area contributed by atoms with E-state index in [-0.39, 0.29) is 16.8 Å². The maximum Gasteiger partial charge on any atom is 0.255 e. The van der Waals surface area contributed by atoms with Crippen LogP contribution >= 0.6 is 11.6 Å². The number of carbonyl (C=O) groups excluding carboxylic acids is 1. The van der Waals surface area contributed by atoms with Crippen LogP contribution in [0.1, 0.15) is 47.4 Å². The molecule has 158 valence electrons. The van der Waals surface area contributed by atoms with Crippen LogP contribution in [0.3, 0.4) is 0 Å². The molecule has 2 aromatic heterocycles. The molecule has 0 aliphatic carbocycles. The zero-order chi connectivity index (χ0) is 21.9. The van der Waals surface area contributed by atoms with Gasteiger partial charge in [0.2, 0.25) is 0 Å². The lowest BCUT2D eigenvalue weighted by Crippen LogP contribution is -2.29. The average molecular weight is 447 g/mol. The number of hydrogen-bond acceptors (Lipinski definition) is 5. The van der Waals surface area contributed by atoms with E-state index >= 15 is 0 Å². The Bertz CT molecular complexity index is 1170. The lowest BCUT2D eigenvalue weighted by Gasteiger charge is -2.19. The topological polar surface area (TPSA) is 93.9 Å². The summed E-state index contributed by atoms with van der Waals surface area (Å²) in [6.07, 6.45) is 6.98. The van der Waals surface area contributed by atoms with Gasteiger partial charge < -0.3 is 5.32 Å². The summed E-state index contributed by atoms with van der Waals surface area (Å²) < 4.78 is 25.4. The van der Waals surface area contributed by atoms with E-state index in [9.17, 15) is 13.2 Å². The highest BCUT2D eigenvalue weighted by atomic mass is 35.5. The van der Waals surface area contributed by atoms with Gasteiger partial charge in [0.25, 0.3) is 5.91 Å². The Kier molecular flexibility index (Phi) is 6.58. The van der Waals surface area contributed by atoms with Crippen molar-refractivity contribution in [1.82, 2.24) is 20.1 Å². The summed E-state index contributed by atoms with van der Waals surface area (Å²) in [5.74, 6) is -0.288. The summed E-state index contributed by atoms with van der Waals surface area (Å²) in [5.41, 5.74) is 2.51. The normalized spacial score (nSPS) is 12.5. The maximum absolute atomic E-state index is 13.0. The van der Waals surface area contributed by atoms with Crippen LogP contribution in [0.2, 0.25) is 5.02 Å². The number of pyridine rings is 1. The quantitative estimate of drug-likeness (QED) is 0.593. The maximum atomic E-state index is 13.0. The van der Waals surface area contributed by atoms with Crippen LogP contribution < -0.4 is 5.32 Å². The summed E-state index contributed by atoms with van der Waals surface area (Å²) in [5, 5.41) is 7.90. The Balaban J connectivity index is 1.88. The second-order valence-corrected chi connectivity index (χ2v) is 9.53. The minimum absolute atomic E-state index is 0.125. The molecule has 0 saturated carbocycles. The zero-order valence-electron chi connectivity index (χ0n) is 17.0. The summed E-state index contributed by atoms with van der Waals surface area (Å²) in [6, 6.07) is 8.40. The van der Waals surface area contributed by atoms with E-state index in [2.05, 4.69) is 15.4 Å². The van der Waals surface area contributed by atoms with Crippen LogP contribution in [0.25, 0.3) is 5.69 Å². The van der Waals surface area contributed by atoms with Gasteiger partial charge in [0.15, 0.2) is 9.84 Å². The van der Waals surface area contributed by atoms with Gasteiger partial charge in [-0.3, -0.25) is 9.78 Å². The highest BCUT2D eigenvalue weighted by Gasteiger charge is 2.21. The predicted octanol–water partition coefficient (Wildman–Crippen LogP) is 3.90. The van der Waals surface area contributed by atoms with Crippen LogP contribution in [0.5, 0.6) is 0 Å². The number of sulfone groups is 1. The number of carbonyl (C=O) groups is 1. The Morgan fingerprint density at radius 1 is 1.23 bits per heavy atom. The van der Waals surface area contributed by atoms with Gasteiger partial charge in [-0.05, 0) is 43.2 Å². The molecule has 0 radical (unpaired) electrons. The van der Waals surface area contributed by atoms with E-state index in [1.54, 1.807) is 29.1 Å². The predicted molar refractivity (Wildman–Crippen MR) is 116 cm³/mol. The molecular weight excluding hydrogens is 424 g/mol. The van der Waals surface area contributed by atoms with Gasteiger partial charge in [-0.25, -0.2) is 13.1 Å². The van der Waals surface area contributed by atoms with Crippen molar-refractivity contribution in [2.75, 3.05) is 6.26 Å². The van der Waals surface area contributed by atoms with E-state index in [0.717, 1.165) is 18.4 Å². The summed E-state index contributed by atoms with van der Waals surface area (Å²) in [4.78, 5) is 17.2. The molecule has 7 nitrogen and oxygen atoms in total. The van der Waals surface area contributed by atoms with E-state index in [4.69, 9.17) is 11.6 Å². The molecule has 0 aliphatic rings. The number of halogens is 1. The van der Waals surface area contributed by atoms with Crippen molar-refractivity contribution in [1.29, 1.82) is 0 Å². The number of amides is 1. The zero-order valence-corrected chi connectivity index (χ0v) is 18.5. The molecule has 3 rings (SSSR count). The molecule has 1 aromatic carbocycles. The molecule has 9 heteroatoms. The van der Waals surface area contributed by atoms with Crippen molar-refractivity contribution in [2.24, 2.45) is 0 Å². The highest BCUT2D eigenvalue weighted by Crippen LogP contribution is 2.23. The average Bonchev–Trinajstić information content (AvgIpc) is 3.08. The Labute approximate surface area is 181 Å². The van der Waals surface area contributed by atoms with Gasteiger partial charge >= 0.3 is 0 Å². The smallest absolute Gasteiger partial charge is 0.255 e. The van der Waals surface area contributed by atoms with Crippen molar-refractivity contribution >= 4 is 27.3 Å². The molecule has 0 spiro atoms. The van der Waals surface area contributed by atoms with Crippen molar-refractivity contribution in [2.45, 2.75) is 37.6 Å². The minimum atomic E-state index is -3.39. The largest absolute Gasteiger partial charge is 0.345 e. The number of rotatable bonds is 7. The summed E-state index contributed by atoms with van der Waals surface area (Å²) in [6.45, 7) is 3.80. The van der Waals surface area contributed by atoms with E-state index in [1.165, 1.54) is 12.4 Å². The first-order chi connectivity index (χ1) is 14.2. The summed E-state index contributed by atoms with van der Waals surface area (Å²) in [7, 11) is -3.39. The molecule has 1 N–H and O–H groups in total.